The molecule has 27 heavy (non-hydrogen) atoms. The van der Waals surface area contributed by atoms with E-state index in [4.69, 9.17) is 14.3 Å². The van der Waals surface area contributed by atoms with Gasteiger partial charge in [-0.25, -0.2) is 9.18 Å². The third-order valence-electron chi connectivity index (χ3n) is 3.46. The van der Waals surface area contributed by atoms with Crippen molar-refractivity contribution < 1.29 is 36.6 Å². The third-order valence-corrected chi connectivity index (χ3v) is 3.46. The first-order valence-electron chi connectivity index (χ1n) is 7.91. The van der Waals surface area contributed by atoms with Crippen LogP contribution < -0.4 is 10.1 Å². The number of benzene rings is 1. The zero-order valence-corrected chi connectivity index (χ0v) is 14.2. The first-order valence-corrected chi connectivity index (χ1v) is 7.91. The highest BCUT2D eigenvalue weighted by atomic mass is 19.4. The summed E-state index contributed by atoms with van der Waals surface area (Å²) in [6, 6.07) is 2.47. The number of aromatic nitrogens is 2. The summed E-state index contributed by atoms with van der Waals surface area (Å²) in [4.78, 5) is 11.0. The zero-order chi connectivity index (χ0) is 20.0. The average Bonchev–Trinajstić information content (AvgIpc) is 2.96. The van der Waals surface area contributed by atoms with Gasteiger partial charge in [0.25, 0.3) is 0 Å². The molecule has 1 unspecified atom stereocenters. The van der Waals surface area contributed by atoms with Crippen molar-refractivity contribution in [2.45, 2.75) is 38.4 Å². The molecule has 2 rings (SSSR count). The number of carbonyl (C=O) groups is 1. The molecule has 0 saturated heterocycles. The van der Waals surface area contributed by atoms with Gasteiger partial charge in [0.2, 0.25) is 11.8 Å². The summed E-state index contributed by atoms with van der Waals surface area (Å²) in [6.07, 6.45) is -7.04. The highest BCUT2D eigenvalue weighted by molar-refractivity contribution is 5.65. The van der Waals surface area contributed by atoms with Crippen LogP contribution in [0.1, 0.15) is 36.2 Å². The Balaban J connectivity index is 2.12. The minimum Gasteiger partial charge on any atom is -0.494 e. The number of carboxylic acid groups (broad SMARTS) is 1. The van der Waals surface area contributed by atoms with Crippen molar-refractivity contribution in [3.05, 3.63) is 41.4 Å². The summed E-state index contributed by atoms with van der Waals surface area (Å²) in [6.45, 7) is 1.33. The molecule has 1 heterocycles. The number of aryl methyl sites for hydroxylation is 1. The van der Waals surface area contributed by atoms with E-state index in [9.17, 15) is 22.4 Å². The number of amides is 1. The van der Waals surface area contributed by atoms with Crippen molar-refractivity contribution in [3.8, 4) is 5.75 Å². The molecule has 0 spiro atoms. The van der Waals surface area contributed by atoms with Gasteiger partial charge in [0.05, 0.1) is 19.1 Å². The van der Waals surface area contributed by atoms with Crippen LogP contribution in [0, 0.1) is 12.7 Å². The van der Waals surface area contributed by atoms with Gasteiger partial charge in [-0.1, -0.05) is 0 Å². The fourth-order valence-electron chi connectivity index (χ4n) is 2.32. The molecule has 1 amide bonds. The lowest BCUT2D eigenvalue weighted by molar-refractivity contribution is -0.136. The Bertz CT molecular complexity index is 779. The minimum absolute atomic E-state index is 0.0541. The maximum atomic E-state index is 14.2. The highest BCUT2D eigenvalue weighted by Crippen LogP contribution is 2.26. The molecule has 0 bridgehead atoms. The van der Waals surface area contributed by atoms with Gasteiger partial charge in [0.1, 0.15) is 11.6 Å². The maximum absolute atomic E-state index is 14.2. The SMILES string of the molecule is Cc1nnc(CC(NC(=O)O)c2cc(OCCCC(F)(F)F)ccc2F)o1. The number of hydrogen-bond donors (Lipinski definition) is 2. The van der Waals surface area contributed by atoms with E-state index >= 15 is 0 Å². The standard InChI is InChI=1S/C16H17F4N3O4/c1-9-22-23-14(27-9)8-13(21-15(24)25)11-7-10(3-4-12(11)17)26-6-2-5-16(18,19)20/h3-4,7,13,21H,2,5-6,8H2,1H3,(H,24,25). The monoisotopic (exact) mass is 391 g/mol. The molecule has 1 aromatic carbocycles. The van der Waals surface area contributed by atoms with Crippen LogP contribution in [0.3, 0.4) is 0 Å². The van der Waals surface area contributed by atoms with Gasteiger partial charge in [-0.3, -0.25) is 0 Å². The Morgan fingerprint density at radius 1 is 1.37 bits per heavy atom. The quantitative estimate of drug-likeness (QED) is 0.525. The van der Waals surface area contributed by atoms with Crippen LogP contribution in [0.15, 0.2) is 22.6 Å². The number of ether oxygens (including phenoxy) is 1. The summed E-state index contributed by atoms with van der Waals surface area (Å²) >= 11 is 0. The summed E-state index contributed by atoms with van der Waals surface area (Å²) in [5.74, 6) is -0.233. The molecular formula is C16H17F4N3O4. The van der Waals surface area contributed by atoms with Crippen molar-refractivity contribution >= 4 is 6.09 Å². The van der Waals surface area contributed by atoms with Gasteiger partial charge >= 0.3 is 12.3 Å². The largest absolute Gasteiger partial charge is 0.494 e. The number of hydrogen-bond acceptors (Lipinski definition) is 5. The molecule has 148 valence electrons. The highest BCUT2D eigenvalue weighted by Gasteiger charge is 2.26. The molecule has 0 fully saturated rings. The number of rotatable bonds is 8. The van der Waals surface area contributed by atoms with Gasteiger partial charge in [-0.05, 0) is 24.6 Å². The minimum atomic E-state index is -4.28. The number of alkyl halides is 3. The Labute approximate surface area is 151 Å². The molecule has 11 heteroatoms. The average molecular weight is 391 g/mol. The van der Waals surface area contributed by atoms with E-state index in [0.717, 1.165) is 6.07 Å². The van der Waals surface area contributed by atoms with E-state index in [1.807, 2.05) is 0 Å². The molecule has 7 nitrogen and oxygen atoms in total. The van der Waals surface area contributed by atoms with Crippen molar-refractivity contribution in [2.24, 2.45) is 0 Å². The third kappa shape index (κ3) is 6.76. The Kier molecular flexibility index (Phi) is 6.59. The predicted molar refractivity (Wildman–Crippen MR) is 83.8 cm³/mol. The van der Waals surface area contributed by atoms with Crippen LogP contribution in [0.2, 0.25) is 0 Å². The van der Waals surface area contributed by atoms with Crippen LogP contribution in [0.5, 0.6) is 5.75 Å². The summed E-state index contributed by atoms with van der Waals surface area (Å²) in [7, 11) is 0. The maximum Gasteiger partial charge on any atom is 0.405 e. The fraction of sp³-hybridized carbons (Fsp3) is 0.438. The normalized spacial score (nSPS) is 12.6. The molecule has 2 N–H and O–H groups in total. The Morgan fingerprint density at radius 2 is 2.11 bits per heavy atom. The predicted octanol–water partition coefficient (Wildman–Crippen LogP) is 3.79. The molecular weight excluding hydrogens is 374 g/mol. The van der Waals surface area contributed by atoms with E-state index in [1.54, 1.807) is 6.92 Å². The molecule has 0 saturated carbocycles. The van der Waals surface area contributed by atoms with E-state index in [2.05, 4.69) is 15.5 Å². The summed E-state index contributed by atoms with van der Waals surface area (Å²) in [5.41, 5.74) is -0.0541. The Hall–Kier alpha value is -2.85. The molecule has 2 aromatic rings. The molecule has 0 radical (unpaired) electrons. The van der Waals surface area contributed by atoms with Crippen LogP contribution >= 0.6 is 0 Å². The first kappa shape index (κ1) is 20.5. The van der Waals surface area contributed by atoms with Crippen molar-refractivity contribution in [1.29, 1.82) is 0 Å². The second-order valence-corrected chi connectivity index (χ2v) is 5.67. The van der Waals surface area contributed by atoms with Gasteiger partial charge < -0.3 is 19.6 Å². The molecule has 1 atom stereocenters. The van der Waals surface area contributed by atoms with Gasteiger partial charge in [-0.2, -0.15) is 13.2 Å². The van der Waals surface area contributed by atoms with Gasteiger partial charge in [-0.15, -0.1) is 10.2 Å². The topological polar surface area (TPSA) is 97.5 Å². The lowest BCUT2D eigenvalue weighted by Crippen LogP contribution is -2.29. The molecule has 0 aliphatic heterocycles. The second-order valence-electron chi connectivity index (χ2n) is 5.67. The number of nitrogens with zero attached hydrogens (tertiary/aromatic N) is 2. The fourth-order valence-corrected chi connectivity index (χ4v) is 2.32. The van der Waals surface area contributed by atoms with E-state index in [1.165, 1.54) is 12.1 Å². The number of halogens is 4. The summed E-state index contributed by atoms with van der Waals surface area (Å²) in [5, 5.41) is 18.5. The van der Waals surface area contributed by atoms with Crippen LogP contribution in [-0.2, 0) is 6.42 Å². The lowest BCUT2D eigenvalue weighted by Gasteiger charge is -2.17. The zero-order valence-electron chi connectivity index (χ0n) is 14.2. The van der Waals surface area contributed by atoms with E-state index < -0.39 is 30.5 Å². The first-order chi connectivity index (χ1) is 12.6. The van der Waals surface area contributed by atoms with Crippen molar-refractivity contribution in [1.82, 2.24) is 15.5 Å². The van der Waals surface area contributed by atoms with E-state index in [0.29, 0.717) is 0 Å². The molecule has 1 aromatic heterocycles. The van der Waals surface area contributed by atoms with Gasteiger partial charge in [0, 0.05) is 18.9 Å². The smallest absolute Gasteiger partial charge is 0.405 e. The van der Waals surface area contributed by atoms with Crippen molar-refractivity contribution in [3.63, 3.8) is 0 Å². The van der Waals surface area contributed by atoms with Crippen molar-refractivity contribution in [2.75, 3.05) is 6.61 Å². The summed E-state index contributed by atoms with van der Waals surface area (Å²) < 4.78 is 61.1. The number of nitrogens with one attached hydrogen (secondary N) is 1. The van der Waals surface area contributed by atoms with Gasteiger partial charge in [0.15, 0.2) is 0 Å². The van der Waals surface area contributed by atoms with E-state index in [-0.39, 0.29) is 42.5 Å². The molecule has 0 aliphatic carbocycles. The van der Waals surface area contributed by atoms with Crippen LogP contribution in [-0.4, -0.2) is 34.2 Å². The molecule has 0 aliphatic rings. The Morgan fingerprint density at radius 3 is 2.70 bits per heavy atom. The second kappa shape index (κ2) is 8.69. The lowest BCUT2D eigenvalue weighted by atomic mass is 10.0. The van der Waals surface area contributed by atoms with Crippen LogP contribution in [0.4, 0.5) is 22.4 Å². The van der Waals surface area contributed by atoms with Crippen LogP contribution in [0.25, 0.3) is 0 Å².